The minimum absolute atomic E-state index is 0.634. The second-order valence-electron chi connectivity index (χ2n) is 3.27. The second-order valence-corrected chi connectivity index (χ2v) is 3.27. The lowest BCUT2D eigenvalue weighted by Gasteiger charge is -2.18. The van der Waals surface area contributed by atoms with Gasteiger partial charge in [0.05, 0.1) is 0 Å². The van der Waals surface area contributed by atoms with E-state index in [1.54, 1.807) is 0 Å². The number of ether oxygens (including phenoxy) is 2. The van der Waals surface area contributed by atoms with Crippen molar-refractivity contribution in [1.82, 2.24) is 0 Å². The van der Waals surface area contributed by atoms with Crippen LogP contribution in [0.2, 0.25) is 0 Å². The molecule has 1 heterocycles. The van der Waals surface area contributed by atoms with Gasteiger partial charge < -0.3 is 9.47 Å². The maximum Gasteiger partial charge on any atom is 0.161 e. The van der Waals surface area contributed by atoms with Gasteiger partial charge in [0.2, 0.25) is 0 Å². The molecule has 3 rings (SSSR count). The first-order valence-corrected chi connectivity index (χ1v) is 4.63. The van der Waals surface area contributed by atoms with E-state index < -0.39 is 0 Å². The molecule has 1 radical (unpaired) electrons. The fraction of sp³-hybridized carbons (Fsp3) is 0.167. The van der Waals surface area contributed by atoms with Gasteiger partial charge in [-0.2, -0.15) is 0 Å². The standard InChI is InChI=1S/C12H9O2/c1-2-4-10-8-12-11(7-9(10)3-1)13-5-6-14-12/h1,3-4,7-8H,5-6H2. The van der Waals surface area contributed by atoms with Gasteiger partial charge in [-0.05, 0) is 35.0 Å². The Labute approximate surface area is 82.1 Å². The summed E-state index contributed by atoms with van der Waals surface area (Å²) >= 11 is 0. The molecule has 0 aliphatic carbocycles. The molecule has 69 valence electrons. The number of fused-ring (bicyclic) bond motifs is 2. The molecule has 1 aliphatic heterocycles. The summed E-state index contributed by atoms with van der Waals surface area (Å²) in [4.78, 5) is 0. The Morgan fingerprint density at radius 1 is 1.00 bits per heavy atom. The fourth-order valence-corrected chi connectivity index (χ4v) is 1.67. The summed E-state index contributed by atoms with van der Waals surface area (Å²) in [5.74, 6) is 1.68. The van der Waals surface area contributed by atoms with Crippen molar-refractivity contribution in [3.8, 4) is 11.5 Å². The molecule has 1 aliphatic rings. The average Bonchev–Trinajstić information content (AvgIpc) is 2.26. The molecule has 2 nitrogen and oxygen atoms in total. The molecule has 0 atom stereocenters. The molecule has 2 heteroatoms. The van der Waals surface area contributed by atoms with Gasteiger partial charge in [-0.25, -0.2) is 0 Å². The van der Waals surface area contributed by atoms with Crippen LogP contribution in [0.5, 0.6) is 11.5 Å². The lowest BCUT2D eigenvalue weighted by Crippen LogP contribution is -2.15. The van der Waals surface area contributed by atoms with Gasteiger partial charge in [0.25, 0.3) is 0 Å². The first-order valence-electron chi connectivity index (χ1n) is 4.63. The van der Waals surface area contributed by atoms with Gasteiger partial charge in [0.1, 0.15) is 13.2 Å². The first-order chi connectivity index (χ1) is 6.93. The van der Waals surface area contributed by atoms with Crippen LogP contribution >= 0.6 is 0 Å². The Morgan fingerprint density at radius 2 is 1.71 bits per heavy atom. The third-order valence-electron chi connectivity index (χ3n) is 2.35. The summed E-state index contributed by atoms with van der Waals surface area (Å²) in [6.07, 6.45) is 0. The van der Waals surface area contributed by atoms with Crippen LogP contribution in [0.1, 0.15) is 0 Å². The normalized spacial score (nSPS) is 14.3. The summed E-state index contributed by atoms with van der Waals surface area (Å²) in [7, 11) is 0. The van der Waals surface area contributed by atoms with Crippen molar-refractivity contribution in [3.05, 3.63) is 36.4 Å². The van der Waals surface area contributed by atoms with Crippen LogP contribution in [0.4, 0.5) is 0 Å². The molecule has 0 spiro atoms. The van der Waals surface area contributed by atoms with E-state index in [-0.39, 0.29) is 0 Å². The van der Waals surface area contributed by atoms with Gasteiger partial charge in [0.15, 0.2) is 11.5 Å². The highest BCUT2D eigenvalue weighted by Crippen LogP contribution is 2.34. The van der Waals surface area contributed by atoms with Crippen LogP contribution < -0.4 is 9.47 Å². The molecule has 0 fully saturated rings. The zero-order valence-electron chi connectivity index (χ0n) is 7.62. The summed E-state index contributed by atoms with van der Waals surface area (Å²) in [5.41, 5.74) is 0. The minimum atomic E-state index is 0.634. The summed E-state index contributed by atoms with van der Waals surface area (Å²) in [5, 5.41) is 2.30. The zero-order valence-corrected chi connectivity index (χ0v) is 7.62. The lowest BCUT2D eigenvalue weighted by molar-refractivity contribution is 0.172. The van der Waals surface area contributed by atoms with Crippen LogP contribution in [0.15, 0.2) is 30.3 Å². The molecule has 0 aromatic heterocycles. The maximum absolute atomic E-state index is 5.50. The smallest absolute Gasteiger partial charge is 0.161 e. The highest BCUT2D eigenvalue weighted by molar-refractivity contribution is 5.85. The van der Waals surface area contributed by atoms with Gasteiger partial charge >= 0.3 is 0 Å². The van der Waals surface area contributed by atoms with Gasteiger partial charge in [0, 0.05) is 0 Å². The second kappa shape index (κ2) is 2.91. The molecule has 0 bridgehead atoms. The summed E-state index contributed by atoms with van der Waals surface area (Å²) in [6, 6.07) is 12.9. The minimum Gasteiger partial charge on any atom is -0.486 e. The largest absolute Gasteiger partial charge is 0.486 e. The van der Waals surface area contributed by atoms with Gasteiger partial charge in [-0.3, -0.25) is 0 Å². The molecule has 0 unspecified atom stereocenters. The van der Waals surface area contributed by atoms with Crippen molar-refractivity contribution in [2.75, 3.05) is 13.2 Å². The Bertz CT molecular complexity index is 432. The SMILES string of the molecule is [c]1ccc2cc3c(cc2c1)OCCO3. The number of benzene rings is 2. The van der Waals surface area contributed by atoms with Crippen molar-refractivity contribution >= 4 is 10.8 Å². The highest BCUT2D eigenvalue weighted by atomic mass is 16.6. The molecule has 0 N–H and O–H groups in total. The van der Waals surface area contributed by atoms with Crippen molar-refractivity contribution < 1.29 is 9.47 Å². The zero-order chi connectivity index (χ0) is 9.38. The van der Waals surface area contributed by atoms with Crippen LogP contribution in [0, 0.1) is 6.07 Å². The molecule has 0 saturated heterocycles. The van der Waals surface area contributed by atoms with E-state index in [4.69, 9.17) is 9.47 Å². The van der Waals surface area contributed by atoms with Crippen LogP contribution in [-0.2, 0) is 0 Å². The molecular weight excluding hydrogens is 176 g/mol. The monoisotopic (exact) mass is 185 g/mol. The number of rotatable bonds is 0. The van der Waals surface area contributed by atoms with Gasteiger partial charge in [-0.1, -0.05) is 12.1 Å². The Hall–Kier alpha value is -1.70. The van der Waals surface area contributed by atoms with Gasteiger partial charge in [-0.15, -0.1) is 0 Å². The lowest BCUT2D eigenvalue weighted by atomic mass is 10.1. The quantitative estimate of drug-likeness (QED) is 0.627. The first kappa shape index (κ1) is 7.68. The predicted molar refractivity (Wildman–Crippen MR) is 53.8 cm³/mol. The van der Waals surface area contributed by atoms with Crippen LogP contribution in [-0.4, -0.2) is 13.2 Å². The van der Waals surface area contributed by atoms with E-state index in [1.165, 1.54) is 0 Å². The van der Waals surface area contributed by atoms with Crippen molar-refractivity contribution in [2.45, 2.75) is 0 Å². The van der Waals surface area contributed by atoms with E-state index in [0.717, 1.165) is 22.3 Å². The van der Waals surface area contributed by atoms with Crippen molar-refractivity contribution in [2.24, 2.45) is 0 Å². The van der Waals surface area contributed by atoms with E-state index in [1.807, 2.05) is 30.3 Å². The Morgan fingerprint density at radius 3 is 2.50 bits per heavy atom. The molecule has 2 aromatic carbocycles. The third-order valence-corrected chi connectivity index (χ3v) is 2.35. The highest BCUT2D eigenvalue weighted by Gasteiger charge is 2.11. The number of hydrogen-bond donors (Lipinski definition) is 0. The van der Waals surface area contributed by atoms with Crippen LogP contribution in [0.25, 0.3) is 10.8 Å². The molecule has 14 heavy (non-hydrogen) atoms. The maximum atomic E-state index is 5.50. The Balaban J connectivity index is 2.27. The number of hydrogen-bond acceptors (Lipinski definition) is 2. The van der Waals surface area contributed by atoms with E-state index in [9.17, 15) is 0 Å². The third kappa shape index (κ3) is 1.11. The van der Waals surface area contributed by atoms with Crippen molar-refractivity contribution in [3.63, 3.8) is 0 Å². The molecule has 0 saturated carbocycles. The predicted octanol–water partition coefficient (Wildman–Crippen LogP) is 2.41. The van der Waals surface area contributed by atoms with E-state index in [2.05, 4.69) is 6.07 Å². The van der Waals surface area contributed by atoms with Crippen molar-refractivity contribution in [1.29, 1.82) is 0 Å². The average molecular weight is 185 g/mol. The van der Waals surface area contributed by atoms with Crippen LogP contribution in [0.3, 0.4) is 0 Å². The molecule has 2 aromatic rings. The molecular formula is C12H9O2. The van der Waals surface area contributed by atoms with E-state index >= 15 is 0 Å². The summed E-state index contributed by atoms with van der Waals surface area (Å²) in [6.45, 7) is 1.27. The molecule has 0 amide bonds. The topological polar surface area (TPSA) is 18.5 Å². The Kier molecular flexibility index (Phi) is 1.60. The fourth-order valence-electron chi connectivity index (χ4n) is 1.67. The van der Waals surface area contributed by atoms with E-state index in [0.29, 0.717) is 13.2 Å². The summed E-state index contributed by atoms with van der Waals surface area (Å²) < 4.78 is 11.0.